The monoisotopic (exact) mass is 282 g/mol. The van der Waals surface area contributed by atoms with Crippen LogP contribution in [0, 0.1) is 5.92 Å². The van der Waals surface area contributed by atoms with Crippen molar-refractivity contribution in [2.75, 3.05) is 13.1 Å². The van der Waals surface area contributed by atoms with E-state index in [1.165, 1.54) is 12.8 Å². The molecule has 1 heterocycles. The van der Waals surface area contributed by atoms with Gasteiger partial charge in [0.1, 0.15) is 6.04 Å². The Morgan fingerprint density at radius 2 is 1.85 bits per heavy atom. The molecule has 1 N–H and O–H groups in total. The lowest BCUT2D eigenvalue weighted by atomic mass is 10.1. The first kappa shape index (κ1) is 15.1. The largest absolute Gasteiger partial charge is 0.480 e. The van der Waals surface area contributed by atoms with E-state index < -0.39 is 12.0 Å². The highest BCUT2D eigenvalue weighted by atomic mass is 16.4. The highest BCUT2D eigenvalue weighted by Crippen LogP contribution is 2.27. The normalized spacial score (nSPS) is 23.6. The summed E-state index contributed by atoms with van der Waals surface area (Å²) in [5.41, 5.74) is 0. The van der Waals surface area contributed by atoms with E-state index in [-0.39, 0.29) is 6.03 Å². The van der Waals surface area contributed by atoms with E-state index in [1.807, 2.05) is 4.90 Å². The number of amides is 2. The van der Waals surface area contributed by atoms with Crippen LogP contribution in [0.5, 0.6) is 0 Å². The SMILES string of the molecule is CC(C)CN(C(=O)N1CCCC1C(=O)O)C1CCCC1. The zero-order chi connectivity index (χ0) is 14.7. The number of rotatable bonds is 4. The van der Waals surface area contributed by atoms with Crippen molar-refractivity contribution in [3.63, 3.8) is 0 Å². The fraction of sp³-hybridized carbons (Fsp3) is 0.867. The molecule has 20 heavy (non-hydrogen) atoms. The number of hydrogen-bond donors (Lipinski definition) is 1. The van der Waals surface area contributed by atoms with Gasteiger partial charge < -0.3 is 14.9 Å². The molecule has 5 nitrogen and oxygen atoms in total. The summed E-state index contributed by atoms with van der Waals surface area (Å²) in [6.07, 6.45) is 5.85. The summed E-state index contributed by atoms with van der Waals surface area (Å²) in [6.45, 7) is 5.52. The van der Waals surface area contributed by atoms with Gasteiger partial charge in [-0.3, -0.25) is 0 Å². The minimum absolute atomic E-state index is 0.0597. The first-order valence-electron chi connectivity index (χ1n) is 7.80. The maximum atomic E-state index is 12.8. The van der Waals surface area contributed by atoms with Crippen LogP contribution in [-0.4, -0.2) is 52.1 Å². The zero-order valence-corrected chi connectivity index (χ0v) is 12.5. The number of aliphatic carboxylic acids is 1. The van der Waals surface area contributed by atoms with Gasteiger partial charge in [-0.25, -0.2) is 9.59 Å². The third-order valence-electron chi connectivity index (χ3n) is 4.36. The van der Waals surface area contributed by atoms with Crippen LogP contribution in [0.3, 0.4) is 0 Å². The summed E-state index contributed by atoms with van der Waals surface area (Å²) >= 11 is 0. The van der Waals surface area contributed by atoms with Crippen LogP contribution in [0.1, 0.15) is 52.4 Å². The lowest BCUT2D eigenvalue weighted by molar-refractivity contribution is -0.141. The van der Waals surface area contributed by atoms with Gasteiger partial charge in [0.15, 0.2) is 0 Å². The molecule has 1 atom stereocenters. The molecule has 1 saturated heterocycles. The standard InChI is InChI=1S/C15H26N2O3/c1-11(2)10-17(12-6-3-4-7-12)15(20)16-9-5-8-13(16)14(18)19/h11-13H,3-10H2,1-2H3,(H,18,19). The molecule has 1 saturated carbocycles. The first-order chi connectivity index (χ1) is 9.50. The van der Waals surface area contributed by atoms with Crippen molar-refractivity contribution in [3.05, 3.63) is 0 Å². The van der Waals surface area contributed by atoms with Crippen molar-refractivity contribution >= 4 is 12.0 Å². The van der Waals surface area contributed by atoms with E-state index >= 15 is 0 Å². The van der Waals surface area contributed by atoms with Crippen molar-refractivity contribution in [2.45, 2.75) is 64.5 Å². The Morgan fingerprint density at radius 3 is 2.40 bits per heavy atom. The molecule has 2 rings (SSSR count). The smallest absolute Gasteiger partial charge is 0.326 e. The number of hydrogen-bond acceptors (Lipinski definition) is 2. The van der Waals surface area contributed by atoms with Gasteiger partial charge in [-0.2, -0.15) is 0 Å². The summed E-state index contributed by atoms with van der Waals surface area (Å²) in [7, 11) is 0. The van der Waals surface area contributed by atoms with E-state index in [4.69, 9.17) is 0 Å². The fourth-order valence-corrected chi connectivity index (χ4v) is 3.41. The number of urea groups is 1. The molecule has 2 fully saturated rings. The lowest BCUT2D eigenvalue weighted by Crippen LogP contribution is -2.52. The topological polar surface area (TPSA) is 60.9 Å². The molecule has 1 unspecified atom stereocenters. The van der Waals surface area contributed by atoms with Crippen LogP contribution < -0.4 is 0 Å². The van der Waals surface area contributed by atoms with Crippen LogP contribution in [-0.2, 0) is 4.79 Å². The van der Waals surface area contributed by atoms with Crippen molar-refractivity contribution in [1.82, 2.24) is 9.80 Å². The Hall–Kier alpha value is -1.26. The summed E-state index contributed by atoms with van der Waals surface area (Å²) in [4.78, 5) is 27.6. The summed E-state index contributed by atoms with van der Waals surface area (Å²) in [5, 5.41) is 9.25. The lowest BCUT2D eigenvalue weighted by Gasteiger charge is -2.35. The van der Waals surface area contributed by atoms with Crippen LogP contribution in [0.25, 0.3) is 0 Å². The molecule has 2 amide bonds. The molecular weight excluding hydrogens is 256 g/mol. The van der Waals surface area contributed by atoms with Gasteiger partial charge in [0.05, 0.1) is 0 Å². The second-order valence-electron chi connectivity index (χ2n) is 6.46. The maximum absolute atomic E-state index is 12.8. The quantitative estimate of drug-likeness (QED) is 0.862. The average molecular weight is 282 g/mol. The Kier molecular flexibility index (Phi) is 4.89. The number of carbonyl (C=O) groups is 2. The fourth-order valence-electron chi connectivity index (χ4n) is 3.41. The van der Waals surface area contributed by atoms with Crippen molar-refractivity contribution in [2.24, 2.45) is 5.92 Å². The molecule has 0 radical (unpaired) electrons. The van der Waals surface area contributed by atoms with Gasteiger partial charge >= 0.3 is 12.0 Å². The Bertz CT molecular complexity index is 364. The Balaban J connectivity index is 2.10. The number of likely N-dealkylation sites (tertiary alicyclic amines) is 1. The molecule has 0 spiro atoms. The number of carboxylic acid groups (broad SMARTS) is 1. The van der Waals surface area contributed by atoms with E-state index in [2.05, 4.69) is 13.8 Å². The average Bonchev–Trinajstić information content (AvgIpc) is 3.05. The number of nitrogens with zero attached hydrogens (tertiary/aromatic N) is 2. The van der Waals surface area contributed by atoms with E-state index in [1.54, 1.807) is 4.90 Å². The van der Waals surface area contributed by atoms with E-state index in [0.717, 1.165) is 25.8 Å². The van der Waals surface area contributed by atoms with Gasteiger partial charge in [-0.05, 0) is 31.6 Å². The first-order valence-corrected chi connectivity index (χ1v) is 7.80. The van der Waals surface area contributed by atoms with Crippen LogP contribution in [0.2, 0.25) is 0 Å². The summed E-state index contributed by atoms with van der Waals surface area (Å²) < 4.78 is 0. The molecule has 1 aliphatic heterocycles. The summed E-state index contributed by atoms with van der Waals surface area (Å²) in [5.74, 6) is -0.461. The number of carboxylic acids is 1. The molecule has 0 aromatic carbocycles. The molecule has 0 aromatic heterocycles. The predicted octanol–water partition coefficient (Wildman–Crippen LogP) is 2.56. The van der Waals surface area contributed by atoms with Gasteiger partial charge in [0, 0.05) is 19.1 Å². The molecule has 5 heteroatoms. The molecule has 2 aliphatic rings. The molecular formula is C15H26N2O3. The van der Waals surface area contributed by atoms with Crippen molar-refractivity contribution in [1.29, 1.82) is 0 Å². The molecule has 114 valence electrons. The minimum atomic E-state index is -0.869. The second kappa shape index (κ2) is 6.46. The highest BCUT2D eigenvalue weighted by molar-refractivity contribution is 5.83. The zero-order valence-electron chi connectivity index (χ0n) is 12.5. The Labute approximate surface area is 120 Å². The third kappa shape index (κ3) is 3.25. The van der Waals surface area contributed by atoms with Gasteiger partial charge in [-0.15, -0.1) is 0 Å². The van der Waals surface area contributed by atoms with E-state index in [0.29, 0.717) is 24.9 Å². The second-order valence-corrected chi connectivity index (χ2v) is 6.46. The summed E-state index contributed by atoms with van der Waals surface area (Å²) in [6, 6.07) is -0.381. The molecule has 1 aliphatic carbocycles. The number of carbonyl (C=O) groups excluding carboxylic acids is 1. The van der Waals surface area contributed by atoms with Crippen LogP contribution in [0.4, 0.5) is 4.79 Å². The Morgan fingerprint density at radius 1 is 1.20 bits per heavy atom. The predicted molar refractivity (Wildman–Crippen MR) is 76.6 cm³/mol. The van der Waals surface area contributed by atoms with Crippen LogP contribution in [0.15, 0.2) is 0 Å². The minimum Gasteiger partial charge on any atom is -0.480 e. The van der Waals surface area contributed by atoms with Gasteiger partial charge in [0.2, 0.25) is 0 Å². The van der Waals surface area contributed by atoms with Gasteiger partial charge in [-0.1, -0.05) is 26.7 Å². The molecule has 0 aromatic rings. The molecule has 0 bridgehead atoms. The van der Waals surface area contributed by atoms with Crippen molar-refractivity contribution < 1.29 is 14.7 Å². The maximum Gasteiger partial charge on any atom is 0.326 e. The van der Waals surface area contributed by atoms with Gasteiger partial charge in [0.25, 0.3) is 0 Å². The van der Waals surface area contributed by atoms with Crippen molar-refractivity contribution in [3.8, 4) is 0 Å². The highest BCUT2D eigenvalue weighted by Gasteiger charge is 2.38. The van der Waals surface area contributed by atoms with E-state index in [9.17, 15) is 14.7 Å². The van der Waals surface area contributed by atoms with Crippen LogP contribution >= 0.6 is 0 Å². The third-order valence-corrected chi connectivity index (χ3v) is 4.36.